The standard InChI is InChI=1S/C29H29Cl2FN2O7S/c1-29(9-4-10-34(29)42(38,39)22-12-19(30)11-20(31)13-22)28(37)33-24(16-26(35)36)17-5-7-18(8-6-17)27-23(32)14-21(40-2)15-25(27)41-3/h5-8,11-15,24H,4,9-10,16H2,1-3H3,(H,33,37)(H,35,36)/t24-,29+/m1/s1. The molecule has 1 amide bonds. The molecule has 1 aliphatic rings. The smallest absolute Gasteiger partial charge is 0.305 e. The Bertz CT molecular complexity index is 1600. The molecule has 0 saturated carbocycles. The molecule has 2 N–H and O–H groups in total. The number of aliphatic carboxylic acids is 1. The number of hydrogen-bond donors (Lipinski definition) is 2. The van der Waals surface area contributed by atoms with Crippen LogP contribution in [0.1, 0.15) is 37.8 Å². The third-order valence-corrected chi connectivity index (χ3v) is 9.69. The van der Waals surface area contributed by atoms with E-state index in [1.54, 1.807) is 30.3 Å². The van der Waals surface area contributed by atoms with Crippen LogP contribution in [0.4, 0.5) is 4.39 Å². The van der Waals surface area contributed by atoms with Crippen molar-refractivity contribution in [1.82, 2.24) is 9.62 Å². The van der Waals surface area contributed by atoms with Gasteiger partial charge in [-0.3, -0.25) is 9.59 Å². The van der Waals surface area contributed by atoms with E-state index in [2.05, 4.69) is 5.32 Å². The lowest BCUT2D eigenvalue weighted by Crippen LogP contribution is -2.55. The minimum atomic E-state index is -4.18. The lowest BCUT2D eigenvalue weighted by atomic mass is 9.95. The van der Waals surface area contributed by atoms with Crippen LogP contribution in [0.3, 0.4) is 0 Å². The summed E-state index contributed by atoms with van der Waals surface area (Å²) in [7, 11) is -1.37. The van der Waals surface area contributed by atoms with Crippen molar-refractivity contribution in [3.8, 4) is 22.6 Å². The quantitative estimate of drug-likeness (QED) is 0.292. The van der Waals surface area contributed by atoms with Crippen LogP contribution in [0.5, 0.6) is 11.5 Å². The van der Waals surface area contributed by atoms with E-state index in [1.165, 1.54) is 45.4 Å². The highest BCUT2D eigenvalue weighted by molar-refractivity contribution is 7.89. The largest absolute Gasteiger partial charge is 0.497 e. The Labute approximate surface area is 253 Å². The van der Waals surface area contributed by atoms with Gasteiger partial charge in [-0.15, -0.1) is 0 Å². The molecular formula is C29H29Cl2FN2O7S. The van der Waals surface area contributed by atoms with Crippen molar-refractivity contribution in [2.24, 2.45) is 0 Å². The summed E-state index contributed by atoms with van der Waals surface area (Å²) in [5.41, 5.74) is -0.440. The van der Waals surface area contributed by atoms with Gasteiger partial charge in [-0.1, -0.05) is 47.5 Å². The number of amides is 1. The summed E-state index contributed by atoms with van der Waals surface area (Å²) in [6.45, 7) is 1.57. The van der Waals surface area contributed by atoms with Crippen molar-refractivity contribution in [2.45, 2.75) is 42.7 Å². The molecule has 1 fully saturated rings. The fourth-order valence-electron chi connectivity index (χ4n) is 5.09. The Morgan fingerprint density at radius 1 is 1.07 bits per heavy atom. The molecular weight excluding hydrogens is 610 g/mol. The number of benzene rings is 3. The highest BCUT2D eigenvalue weighted by Crippen LogP contribution is 2.38. The van der Waals surface area contributed by atoms with Crippen LogP contribution in [-0.2, 0) is 19.6 Å². The molecule has 1 saturated heterocycles. The molecule has 0 aliphatic carbocycles. The van der Waals surface area contributed by atoms with E-state index in [4.69, 9.17) is 32.7 Å². The maximum absolute atomic E-state index is 14.9. The number of carbonyl (C=O) groups excluding carboxylic acids is 1. The fourth-order valence-corrected chi connectivity index (χ4v) is 7.63. The van der Waals surface area contributed by atoms with Crippen LogP contribution in [-0.4, -0.2) is 56.0 Å². The van der Waals surface area contributed by atoms with Gasteiger partial charge in [0.1, 0.15) is 22.9 Å². The van der Waals surface area contributed by atoms with E-state index in [0.717, 1.165) is 4.31 Å². The van der Waals surface area contributed by atoms with Gasteiger partial charge >= 0.3 is 5.97 Å². The van der Waals surface area contributed by atoms with E-state index >= 15 is 0 Å². The summed E-state index contributed by atoms with van der Waals surface area (Å²) in [5.74, 6) is -1.89. The van der Waals surface area contributed by atoms with Crippen LogP contribution in [0.25, 0.3) is 11.1 Å². The Kier molecular flexibility index (Phi) is 9.36. The molecule has 4 rings (SSSR count). The van der Waals surface area contributed by atoms with E-state index in [-0.39, 0.29) is 45.0 Å². The molecule has 0 spiro atoms. The lowest BCUT2D eigenvalue weighted by molar-refractivity contribution is -0.138. The van der Waals surface area contributed by atoms with Gasteiger partial charge in [-0.2, -0.15) is 4.31 Å². The van der Waals surface area contributed by atoms with Gasteiger partial charge < -0.3 is 19.9 Å². The van der Waals surface area contributed by atoms with Gasteiger partial charge in [-0.05, 0) is 49.1 Å². The van der Waals surface area contributed by atoms with E-state index in [1.807, 2.05) is 0 Å². The van der Waals surface area contributed by atoms with Crippen LogP contribution in [0, 0.1) is 5.82 Å². The number of carbonyl (C=O) groups is 2. The molecule has 0 aromatic heterocycles. The molecule has 9 nitrogen and oxygen atoms in total. The number of carboxylic acid groups (broad SMARTS) is 1. The highest BCUT2D eigenvalue weighted by Gasteiger charge is 2.50. The number of ether oxygens (including phenoxy) is 2. The second kappa shape index (κ2) is 12.5. The van der Waals surface area contributed by atoms with Crippen molar-refractivity contribution in [1.29, 1.82) is 0 Å². The third-order valence-electron chi connectivity index (χ3n) is 7.26. The predicted octanol–water partition coefficient (Wildman–Crippen LogP) is 5.69. The Balaban J connectivity index is 1.63. The summed E-state index contributed by atoms with van der Waals surface area (Å²) in [4.78, 5) is 25.3. The van der Waals surface area contributed by atoms with E-state index in [0.29, 0.717) is 17.5 Å². The summed E-state index contributed by atoms with van der Waals surface area (Å²) < 4.78 is 53.6. The molecule has 42 heavy (non-hydrogen) atoms. The highest BCUT2D eigenvalue weighted by atomic mass is 35.5. The maximum atomic E-state index is 14.9. The first kappa shape index (κ1) is 31.6. The average molecular weight is 640 g/mol. The fraction of sp³-hybridized carbons (Fsp3) is 0.310. The summed E-state index contributed by atoms with van der Waals surface area (Å²) in [6, 6.07) is 12.0. The topological polar surface area (TPSA) is 122 Å². The molecule has 3 aromatic carbocycles. The second-order valence-corrected chi connectivity index (χ2v) is 12.7. The number of nitrogens with one attached hydrogen (secondary N) is 1. The molecule has 1 aliphatic heterocycles. The molecule has 0 bridgehead atoms. The summed E-state index contributed by atoms with van der Waals surface area (Å²) in [6.07, 6.45) is 0.144. The van der Waals surface area contributed by atoms with Crippen molar-refractivity contribution >= 4 is 45.1 Å². The van der Waals surface area contributed by atoms with Gasteiger partial charge in [0, 0.05) is 28.7 Å². The molecule has 1 heterocycles. The van der Waals surface area contributed by atoms with Gasteiger partial charge in [0.15, 0.2) is 0 Å². The molecule has 3 aromatic rings. The second-order valence-electron chi connectivity index (χ2n) is 9.99. The van der Waals surface area contributed by atoms with Crippen molar-refractivity contribution in [3.05, 3.63) is 76.0 Å². The zero-order valence-electron chi connectivity index (χ0n) is 23.0. The van der Waals surface area contributed by atoms with Crippen molar-refractivity contribution in [2.75, 3.05) is 20.8 Å². The normalized spacial score (nSPS) is 18.0. The van der Waals surface area contributed by atoms with Gasteiger partial charge in [0.05, 0.1) is 37.1 Å². The molecule has 0 unspecified atom stereocenters. The molecule has 224 valence electrons. The molecule has 2 atom stereocenters. The SMILES string of the molecule is COc1cc(F)c(-c2ccc([C@@H](CC(=O)O)NC(=O)[C@]3(C)CCCN3S(=O)(=O)c3cc(Cl)cc(Cl)c3)cc2)c(OC)c1. The summed E-state index contributed by atoms with van der Waals surface area (Å²) >= 11 is 12.1. The third kappa shape index (κ3) is 6.34. The predicted molar refractivity (Wildman–Crippen MR) is 156 cm³/mol. The van der Waals surface area contributed by atoms with Crippen LogP contribution in [0.15, 0.2) is 59.5 Å². The minimum absolute atomic E-state index is 0.0734. The first-order valence-corrected chi connectivity index (χ1v) is 15.0. The Morgan fingerprint density at radius 3 is 2.29 bits per heavy atom. The van der Waals surface area contributed by atoms with Crippen LogP contribution in [0.2, 0.25) is 10.0 Å². The number of methoxy groups -OCH3 is 2. The zero-order valence-corrected chi connectivity index (χ0v) is 25.3. The minimum Gasteiger partial charge on any atom is -0.497 e. The number of halogens is 3. The Morgan fingerprint density at radius 2 is 1.71 bits per heavy atom. The molecule has 0 radical (unpaired) electrons. The van der Waals surface area contributed by atoms with E-state index in [9.17, 15) is 27.5 Å². The van der Waals surface area contributed by atoms with Gasteiger partial charge in [0.25, 0.3) is 0 Å². The van der Waals surface area contributed by atoms with Crippen molar-refractivity contribution in [3.63, 3.8) is 0 Å². The number of hydrogen-bond acceptors (Lipinski definition) is 6. The maximum Gasteiger partial charge on any atom is 0.305 e. The average Bonchev–Trinajstić information content (AvgIpc) is 3.35. The van der Waals surface area contributed by atoms with Gasteiger partial charge in [0.2, 0.25) is 15.9 Å². The number of rotatable bonds is 10. The van der Waals surface area contributed by atoms with Gasteiger partial charge in [-0.25, -0.2) is 12.8 Å². The first-order chi connectivity index (χ1) is 19.8. The van der Waals surface area contributed by atoms with Crippen LogP contribution < -0.4 is 14.8 Å². The Hall–Kier alpha value is -3.38. The lowest BCUT2D eigenvalue weighted by Gasteiger charge is -2.34. The monoisotopic (exact) mass is 638 g/mol. The van der Waals surface area contributed by atoms with Crippen molar-refractivity contribution < 1.29 is 37.0 Å². The van der Waals surface area contributed by atoms with E-state index < -0.39 is 45.7 Å². The zero-order chi connectivity index (χ0) is 30.8. The number of carboxylic acids is 1. The van der Waals surface area contributed by atoms with Crippen LogP contribution >= 0.6 is 23.2 Å². The molecule has 13 heteroatoms. The summed E-state index contributed by atoms with van der Waals surface area (Å²) in [5, 5.41) is 12.6. The first-order valence-electron chi connectivity index (χ1n) is 12.8. The number of nitrogens with zero attached hydrogens (tertiary/aromatic N) is 1. The number of sulfonamides is 1.